The molecule has 0 bridgehead atoms. The molecule has 2 amide bonds. The lowest BCUT2D eigenvalue weighted by Crippen LogP contribution is -2.45. The molecule has 0 saturated carbocycles. The SMILES string of the molecule is O=C(CN(CC1CCCO1)C(=O)c1ccccc1F)N(Cc1ccc(F)cc1)Cc1coc2ccccc2c1=O. The number of hydrogen-bond acceptors (Lipinski definition) is 5. The number of carbonyl (C=O) groups excluding carboxylic acids is 2. The van der Waals surface area contributed by atoms with Crippen LogP contribution in [0.1, 0.15) is 34.3 Å². The van der Waals surface area contributed by atoms with Gasteiger partial charge in [-0.15, -0.1) is 0 Å². The van der Waals surface area contributed by atoms with Gasteiger partial charge in [0.1, 0.15) is 23.8 Å². The quantitative estimate of drug-likeness (QED) is 0.298. The van der Waals surface area contributed by atoms with Crippen LogP contribution in [-0.2, 0) is 22.6 Å². The number of carbonyl (C=O) groups is 2. The number of ether oxygens (including phenoxy) is 1. The summed E-state index contributed by atoms with van der Waals surface area (Å²) >= 11 is 0. The number of hydrogen-bond donors (Lipinski definition) is 0. The van der Waals surface area contributed by atoms with Gasteiger partial charge in [0.25, 0.3) is 5.91 Å². The van der Waals surface area contributed by atoms with E-state index in [0.717, 1.165) is 6.42 Å². The molecule has 206 valence electrons. The zero-order valence-corrected chi connectivity index (χ0v) is 21.7. The maximum absolute atomic E-state index is 14.5. The van der Waals surface area contributed by atoms with Crippen LogP contribution < -0.4 is 5.43 Å². The highest BCUT2D eigenvalue weighted by atomic mass is 19.1. The van der Waals surface area contributed by atoms with Gasteiger partial charge in [0.05, 0.1) is 35.4 Å². The maximum Gasteiger partial charge on any atom is 0.257 e. The fourth-order valence-electron chi connectivity index (χ4n) is 4.80. The van der Waals surface area contributed by atoms with Crippen LogP contribution in [-0.4, -0.2) is 47.4 Å². The van der Waals surface area contributed by atoms with E-state index in [2.05, 4.69) is 0 Å². The Bertz CT molecular complexity index is 1560. The lowest BCUT2D eigenvalue weighted by atomic mass is 10.1. The van der Waals surface area contributed by atoms with E-state index in [1.807, 2.05) is 0 Å². The fraction of sp³-hybridized carbons (Fsp3) is 0.258. The van der Waals surface area contributed by atoms with Gasteiger partial charge in [-0.25, -0.2) is 8.78 Å². The van der Waals surface area contributed by atoms with Crippen molar-refractivity contribution in [3.05, 3.63) is 118 Å². The summed E-state index contributed by atoms with van der Waals surface area (Å²) in [4.78, 5) is 43.1. The number of amides is 2. The minimum absolute atomic E-state index is 0.0486. The van der Waals surface area contributed by atoms with Crippen LogP contribution in [0.25, 0.3) is 11.0 Å². The standard InChI is InChI=1S/C31H28F2N2O5/c32-23-13-11-21(12-14-23)16-34(17-22-20-40-28-10-4-2-8-26(28)30(22)37)29(36)19-35(18-24-6-5-15-39-24)31(38)25-7-1-3-9-27(25)33/h1-4,7-14,20,24H,5-6,15-19H2. The highest BCUT2D eigenvalue weighted by Crippen LogP contribution is 2.19. The maximum atomic E-state index is 14.5. The van der Waals surface area contributed by atoms with Crippen molar-refractivity contribution in [2.75, 3.05) is 19.7 Å². The molecule has 1 aromatic heterocycles. The van der Waals surface area contributed by atoms with E-state index < -0.39 is 23.4 Å². The molecule has 0 spiro atoms. The van der Waals surface area contributed by atoms with E-state index in [0.29, 0.717) is 29.6 Å². The molecule has 0 N–H and O–H groups in total. The van der Waals surface area contributed by atoms with Gasteiger partial charge in [0, 0.05) is 19.7 Å². The first-order chi connectivity index (χ1) is 19.4. The number of benzene rings is 3. The summed E-state index contributed by atoms with van der Waals surface area (Å²) in [5.74, 6) is -2.21. The van der Waals surface area contributed by atoms with Crippen LogP contribution in [0.4, 0.5) is 8.78 Å². The molecule has 5 rings (SSSR count). The minimum Gasteiger partial charge on any atom is -0.464 e. The monoisotopic (exact) mass is 546 g/mol. The first kappa shape index (κ1) is 27.2. The summed E-state index contributed by atoms with van der Waals surface area (Å²) < 4.78 is 39.4. The van der Waals surface area contributed by atoms with Crippen LogP contribution in [0.3, 0.4) is 0 Å². The average molecular weight is 547 g/mol. The molecule has 1 aliphatic heterocycles. The summed E-state index contributed by atoms with van der Waals surface area (Å²) in [7, 11) is 0. The first-order valence-electron chi connectivity index (χ1n) is 13.1. The van der Waals surface area contributed by atoms with Crippen molar-refractivity contribution < 1.29 is 27.5 Å². The second-order valence-electron chi connectivity index (χ2n) is 9.76. The van der Waals surface area contributed by atoms with Crippen LogP contribution >= 0.6 is 0 Å². The Balaban J connectivity index is 1.45. The third-order valence-electron chi connectivity index (χ3n) is 6.92. The van der Waals surface area contributed by atoms with Crippen molar-refractivity contribution in [1.29, 1.82) is 0 Å². The summed E-state index contributed by atoms with van der Waals surface area (Å²) in [5, 5.41) is 0.379. The summed E-state index contributed by atoms with van der Waals surface area (Å²) in [6.07, 6.45) is 2.59. The van der Waals surface area contributed by atoms with Crippen molar-refractivity contribution in [2.45, 2.75) is 32.0 Å². The van der Waals surface area contributed by atoms with Crippen LogP contribution in [0, 0.1) is 11.6 Å². The number of rotatable bonds is 9. The number of nitrogens with zero attached hydrogens (tertiary/aromatic N) is 2. The molecular weight excluding hydrogens is 518 g/mol. The third kappa shape index (κ3) is 6.26. The zero-order chi connectivity index (χ0) is 28.1. The molecule has 1 unspecified atom stereocenters. The molecule has 1 atom stereocenters. The van der Waals surface area contributed by atoms with E-state index in [-0.39, 0.29) is 48.8 Å². The van der Waals surface area contributed by atoms with Gasteiger partial charge in [-0.1, -0.05) is 36.4 Å². The number of fused-ring (bicyclic) bond motifs is 1. The van der Waals surface area contributed by atoms with Crippen molar-refractivity contribution in [1.82, 2.24) is 9.80 Å². The van der Waals surface area contributed by atoms with E-state index in [1.165, 1.54) is 46.4 Å². The smallest absolute Gasteiger partial charge is 0.257 e. The molecule has 4 aromatic rings. The molecule has 1 saturated heterocycles. The van der Waals surface area contributed by atoms with Gasteiger partial charge in [0.2, 0.25) is 5.91 Å². The Morgan fingerprint density at radius 1 is 0.900 bits per heavy atom. The Labute approximate surface area is 229 Å². The molecule has 2 heterocycles. The Morgan fingerprint density at radius 2 is 1.65 bits per heavy atom. The molecule has 1 aliphatic rings. The Kier molecular flexibility index (Phi) is 8.31. The third-order valence-corrected chi connectivity index (χ3v) is 6.92. The van der Waals surface area contributed by atoms with E-state index in [9.17, 15) is 23.2 Å². The van der Waals surface area contributed by atoms with Gasteiger partial charge in [0.15, 0.2) is 5.43 Å². The molecule has 0 radical (unpaired) electrons. The molecule has 0 aliphatic carbocycles. The molecule has 40 heavy (non-hydrogen) atoms. The molecule has 7 nitrogen and oxygen atoms in total. The lowest BCUT2D eigenvalue weighted by molar-refractivity contribution is -0.133. The fourth-order valence-corrected chi connectivity index (χ4v) is 4.80. The second kappa shape index (κ2) is 12.2. The van der Waals surface area contributed by atoms with Crippen LogP contribution in [0.5, 0.6) is 0 Å². The predicted molar refractivity (Wildman–Crippen MR) is 144 cm³/mol. The molecule has 3 aromatic carbocycles. The summed E-state index contributed by atoms with van der Waals surface area (Å²) in [6.45, 7) is 0.237. The molecule has 1 fully saturated rings. The molecule has 9 heteroatoms. The predicted octanol–water partition coefficient (Wildman–Crippen LogP) is 4.92. The van der Waals surface area contributed by atoms with Crippen molar-refractivity contribution in [3.63, 3.8) is 0 Å². The highest BCUT2D eigenvalue weighted by molar-refractivity contribution is 5.96. The van der Waals surface area contributed by atoms with Gasteiger partial charge in [-0.05, 0) is 54.8 Å². The second-order valence-corrected chi connectivity index (χ2v) is 9.76. The first-order valence-corrected chi connectivity index (χ1v) is 13.1. The lowest BCUT2D eigenvalue weighted by Gasteiger charge is -2.29. The summed E-state index contributed by atoms with van der Waals surface area (Å²) in [6, 6.07) is 18.1. The van der Waals surface area contributed by atoms with E-state index in [4.69, 9.17) is 9.15 Å². The number of para-hydroxylation sites is 1. The van der Waals surface area contributed by atoms with E-state index in [1.54, 1.807) is 42.5 Å². The molecular formula is C31H28F2N2O5. The Hall–Kier alpha value is -4.37. The highest BCUT2D eigenvalue weighted by Gasteiger charge is 2.29. The van der Waals surface area contributed by atoms with E-state index >= 15 is 0 Å². The Morgan fingerprint density at radius 3 is 2.40 bits per heavy atom. The van der Waals surface area contributed by atoms with Gasteiger partial charge < -0.3 is 19.0 Å². The number of halogens is 2. The van der Waals surface area contributed by atoms with Gasteiger partial charge in [-0.3, -0.25) is 14.4 Å². The zero-order valence-electron chi connectivity index (χ0n) is 21.7. The van der Waals surface area contributed by atoms with Crippen LogP contribution in [0.15, 0.2) is 88.3 Å². The normalized spacial score (nSPS) is 14.8. The minimum atomic E-state index is -0.686. The van der Waals surface area contributed by atoms with Gasteiger partial charge in [-0.2, -0.15) is 0 Å². The van der Waals surface area contributed by atoms with Crippen molar-refractivity contribution in [2.24, 2.45) is 0 Å². The van der Waals surface area contributed by atoms with Crippen LogP contribution in [0.2, 0.25) is 0 Å². The summed E-state index contributed by atoms with van der Waals surface area (Å²) in [5.41, 5.74) is 0.878. The largest absolute Gasteiger partial charge is 0.464 e. The topological polar surface area (TPSA) is 80.1 Å². The van der Waals surface area contributed by atoms with Gasteiger partial charge >= 0.3 is 0 Å². The van der Waals surface area contributed by atoms with Crippen molar-refractivity contribution >= 4 is 22.8 Å². The van der Waals surface area contributed by atoms with Crippen molar-refractivity contribution in [3.8, 4) is 0 Å². The average Bonchev–Trinajstić information content (AvgIpc) is 3.48.